The highest BCUT2D eigenvalue weighted by molar-refractivity contribution is 9.10. The number of ether oxygens (including phenoxy) is 1. The number of nitro groups is 1. The Labute approximate surface area is 126 Å². The van der Waals surface area contributed by atoms with Crippen LogP contribution in [0.3, 0.4) is 0 Å². The van der Waals surface area contributed by atoms with Gasteiger partial charge >= 0.3 is 5.97 Å². The van der Waals surface area contributed by atoms with Crippen LogP contribution in [0.15, 0.2) is 22.7 Å². The number of esters is 1. The Kier molecular flexibility index (Phi) is 6.60. The van der Waals surface area contributed by atoms with E-state index in [1.54, 1.807) is 6.07 Å². The number of halogens is 1. The predicted molar refractivity (Wildman–Crippen MR) is 78.4 cm³/mol. The zero-order chi connectivity index (χ0) is 15.1. The van der Waals surface area contributed by atoms with E-state index in [0.29, 0.717) is 30.4 Å². The van der Waals surface area contributed by atoms with Crippen molar-refractivity contribution in [2.24, 2.45) is 0 Å². The largest absolute Gasteiger partial charge is 0.469 e. The van der Waals surface area contributed by atoms with Crippen LogP contribution in [0.1, 0.15) is 18.4 Å². The summed E-state index contributed by atoms with van der Waals surface area (Å²) in [6.45, 7) is 1.29. The molecule has 0 amide bonds. The Bertz CT molecular complexity index is 493. The molecule has 1 rings (SSSR count). The minimum atomic E-state index is -0.412. The molecule has 0 spiro atoms. The summed E-state index contributed by atoms with van der Waals surface area (Å²) < 4.78 is 5.08. The Morgan fingerprint density at radius 3 is 2.80 bits per heavy atom. The molecule has 0 heterocycles. The highest BCUT2D eigenvalue weighted by atomic mass is 79.9. The van der Waals surface area contributed by atoms with Crippen LogP contribution in [0.2, 0.25) is 0 Å². The Morgan fingerprint density at radius 1 is 1.50 bits per heavy atom. The van der Waals surface area contributed by atoms with Gasteiger partial charge in [0.05, 0.1) is 16.5 Å². The van der Waals surface area contributed by atoms with Crippen LogP contribution in [-0.2, 0) is 16.1 Å². The second-order valence-corrected chi connectivity index (χ2v) is 5.22. The van der Waals surface area contributed by atoms with E-state index >= 15 is 0 Å². The molecule has 7 heteroatoms. The van der Waals surface area contributed by atoms with Crippen LogP contribution in [0.25, 0.3) is 0 Å². The first-order valence-corrected chi connectivity index (χ1v) is 6.92. The molecule has 0 saturated heterocycles. The second kappa shape index (κ2) is 7.96. The zero-order valence-electron chi connectivity index (χ0n) is 11.5. The number of benzene rings is 1. The van der Waals surface area contributed by atoms with Gasteiger partial charge < -0.3 is 9.64 Å². The highest BCUT2D eigenvalue weighted by Crippen LogP contribution is 2.28. The molecule has 0 aliphatic heterocycles. The van der Waals surface area contributed by atoms with E-state index in [-0.39, 0.29) is 11.7 Å². The van der Waals surface area contributed by atoms with Crippen LogP contribution in [-0.4, -0.2) is 36.5 Å². The summed E-state index contributed by atoms with van der Waals surface area (Å²) in [5.74, 6) is -0.227. The molecule has 0 unspecified atom stereocenters. The minimum absolute atomic E-state index is 0.0606. The first-order valence-electron chi connectivity index (χ1n) is 6.13. The molecule has 110 valence electrons. The molecule has 0 saturated carbocycles. The number of carbonyl (C=O) groups is 1. The van der Waals surface area contributed by atoms with Crippen molar-refractivity contribution in [3.8, 4) is 0 Å². The first-order chi connectivity index (χ1) is 9.45. The van der Waals surface area contributed by atoms with Crippen LogP contribution in [0.4, 0.5) is 5.69 Å². The fourth-order valence-corrected chi connectivity index (χ4v) is 2.33. The Balaban J connectivity index is 2.58. The average molecular weight is 345 g/mol. The summed E-state index contributed by atoms with van der Waals surface area (Å²) in [6, 6.07) is 4.97. The summed E-state index contributed by atoms with van der Waals surface area (Å²) in [5.41, 5.74) is 0.908. The van der Waals surface area contributed by atoms with Gasteiger partial charge in [0.25, 0.3) is 5.69 Å². The summed E-state index contributed by atoms with van der Waals surface area (Å²) in [6.07, 6.45) is 1.06. The van der Waals surface area contributed by atoms with Gasteiger partial charge in [-0.3, -0.25) is 14.9 Å². The van der Waals surface area contributed by atoms with E-state index in [2.05, 4.69) is 20.7 Å². The molecule has 0 radical (unpaired) electrons. The number of hydrogen-bond acceptors (Lipinski definition) is 5. The minimum Gasteiger partial charge on any atom is -0.469 e. The van der Waals surface area contributed by atoms with Crippen molar-refractivity contribution in [2.45, 2.75) is 19.4 Å². The third-order valence-corrected chi connectivity index (χ3v) is 3.76. The molecule has 1 aromatic carbocycles. The van der Waals surface area contributed by atoms with E-state index in [1.165, 1.54) is 13.2 Å². The zero-order valence-corrected chi connectivity index (χ0v) is 13.1. The predicted octanol–water partition coefficient (Wildman–Crippen LogP) is 2.74. The average Bonchev–Trinajstić information content (AvgIpc) is 2.40. The van der Waals surface area contributed by atoms with E-state index in [4.69, 9.17) is 0 Å². The van der Waals surface area contributed by atoms with E-state index in [1.807, 2.05) is 18.0 Å². The Hall–Kier alpha value is -1.47. The second-order valence-electron chi connectivity index (χ2n) is 4.42. The number of nitro benzene ring substituents is 1. The fraction of sp³-hybridized carbons (Fsp3) is 0.462. The number of hydrogen-bond donors (Lipinski definition) is 0. The SMILES string of the molecule is COC(=O)CCCN(C)Cc1cccc([N+](=O)[O-])c1Br. The van der Waals surface area contributed by atoms with Gasteiger partial charge in [0.2, 0.25) is 0 Å². The van der Waals surface area contributed by atoms with Crippen molar-refractivity contribution >= 4 is 27.6 Å². The summed E-state index contributed by atoms with van der Waals surface area (Å²) in [5, 5.41) is 10.9. The summed E-state index contributed by atoms with van der Waals surface area (Å²) >= 11 is 3.27. The van der Waals surface area contributed by atoms with Gasteiger partial charge in [-0.25, -0.2) is 0 Å². The summed E-state index contributed by atoms with van der Waals surface area (Å²) in [7, 11) is 3.27. The number of nitrogens with zero attached hydrogens (tertiary/aromatic N) is 2. The lowest BCUT2D eigenvalue weighted by Gasteiger charge is -2.17. The molecular weight excluding hydrogens is 328 g/mol. The maximum atomic E-state index is 11.0. The highest BCUT2D eigenvalue weighted by Gasteiger charge is 2.15. The van der Waals surface area contributed by atoms with Gasteiger partial charge in [-0.2, -0.15) is 0 Å². The van der Waals surface area contributed by atoms with Crippen LogP contribution in [0, 0.1) is 10.1 Å². The summed E-state index contributed by atoms with van der Waals surface area (Å²) in [4.78, 5) is 23.4. The lowest BCUT2D eigenvalue weighted by Crippen LogP contribution is -2.20. The van der Waals surface area contributed by atoms with E-state index < -0.39 is 4.92 Å². The van der Waals surface area contributed by atoms with Gasteiger partial charge in [-0.05, 0) is 41.5 Å². The van der Waals surface area contributed by atoms with Crippen LogP contribution >= 0.6 is 15.9 Å². The molecule has 0 fully saturated rings. The van der Waals surface area contributed by atoms with Gasteiger partial charge in [0.1, 0.15) is 0 Å². The molecule has 0 atom stereocenters. The van der Waals surface area contributed by atoms with Gasteiger partial charge in [-0.1, -0.05) is 12.1 Å². The number of methoxy groups -OCH3 is 1. The molecule has 6 nitrogen and oxygen atoms in total. The lowest BCUT2D eigenvalue weighted by atomic mass is 10.2. The third-order valence-electron chi connectivity index (χ3n) is 2.84. The molecule has 0 N–H and O–H groups in total. The molecular formula is C13H17BrN2O4. The molecule has 0 aliphatic carbocycles. The topological polar surface area (TPSA) is 72.7 Å². The van der Waals surface area contributed by atoms with Crippen LogP contribution < -0.4 is 0 Å². The Morgan fingerprint density at radius 2 is 2.20 bits per heavy atom. The first kappa shape index (κ1) is 16.6. The van der Waals surface area contributed by atoms with Gasteiger partial charge in [0.15, 0.2) is 0 Å². The normalized spacial score (nSPS) is 10.6. The fourth-order valence-electron chi connectivity index (χ4n) is 1.79. The molecule has 20 heavy (non-hydrogen) atoms. The van der Waals surface area contributed by atoms with Crippen molar-refractivity contribution in [3.05, 3.63) is 38.3 Å². The molecule has 0 aliphatic rings. The van der Waals surface area contributed by atoms with Gasteiger partial charge in [0, 0.05) is 19.0 Å². The van der Waals surface area contributed by atoms with Gasteiger partial charge in [-0.15, -0.1) is 0 Å². The van der Waals surface area contributed by atoms with Crippen molar-refractivity contribution in [1.82, 2.24) is 4.90 Å². The van der Waals surface area contributed by atoms with E-state index in [0.717, 1.165) is 5.56 Å². The third kappa shape index (κ3) is 4.90. The number of carbonyl (C=O) groups excluding carboxylic acids is 1. The standard InChI is InChI=1S/C13H17BrN2O4/c1-15(8-4-7-12(17)20-2)9-10-5-3-6-11(13(10)14)16(18)19/h3,5-6H,4,7-9H2,1-2H3. The molecule has 0 aromatic heterocycles. The van der Waals surface area contributed by atoms with Crippen molar-refractivity contribution in [3.63, 3.8) is 0 Å². The quantitative estimate of drug-likeness (QED) is 0.432. The number of rotatable bonds is 7. The van der Waals surface area contributed by atoms with Crippen molar-refractivity contribution in [2.75, 3.05) is 20.7 Å². The monoisotopic (exact) mass is 344 g/mol. The molecule has 1 aromatic rings. The smallest absolute Gasteiger partial charge is 0.305 e. The maximum Gasteiger partial charge on any atom is 0.305 e. The lowest BCUT2D eigenvalue weighted by molar-refractivity contribution is -0.385. The van der Waals surface area contributed by atoms with Crippen LogP contribution in [0.5, 0.6) is 0 Å². The van der Waals surface area contributed by atoms with Crippen molar-refractivity contribution < 1.29 is 14.5 Å². The molecule has 0 bridgehead atoms. The van der Waals surface area contributed by atoms with E-state index in [9.17, 15) is 14.9 Å². The van der Waals surface area contributed by atoms with Crippen molar-refractivity contribution in [1.29, 1.82) is 0 Å². The maximum absolute atomic E-state index is 11.0.